The number of aromatic nitrogens is 3. The van der Waals surface area contributed by atoms with Crippen LogP contribution in [0.1, 0.15) is 0 Å². The second-order valence-corrected chi connectivity index (χ2v) is 12.4. The zero-order valence-electron chi connectivity index (χ0n) is 24.2. The molecule has 0 radical (unpaired) electrons. The van der Waals surface area contributed by atoms with Crippen molar-refractivity contribution in [3.8, 4) is 45.3 Å². The lowest BCUT2D eigenvalue weighted by Gasteiger charge is -2.09. The van der Waals surface area contributed by atoms with Crippen LogP contribution in [0.5, 0.6) is 0 Å². The van der Waals surface area contributed by atoms with Crippen molar-refractivity contribution in [1.82, 2.24) is 15.0 Å². The van der Waals surface area contributed by atoms with E-state index < -0.39 is 0 Å². The van der Waals surface area contributed by atoms with E-state index in [1.165, 1.54) is 47.5 Å². The number of hydrogen-bond donors (Lipinski definition) is 0. The molecule has 0 aliphatic rings. The van der Waals surface area contributed by atoms with Crippen LogP contribution in [0.4, 0.5) is 0 Å². The molecule has 0 aliphatic heterocycles. The molecule has 0 saturated carbocycles. The number of hydrogen-bond acceptors (Lipinski definition) is 4. The summed E-state index contributed by atoms with van der Waals surface area (Å²) in [5.41, 5.74) is 5.37. The van der Waals surface area contributed by atoms with Crippen molar-refractivity contribution in [1.29, 1.82) is 0 Å². The van der Waals surface area contributed by atoms with E-state index in [0.717, 1.165) is 22.1 Å². The van der Waals surface area contributed by atoms with Crippen LogP contribution in [0.25, 0.3) is 87.0 Å². The topological polar surface area (TPSA) is 38.7 Å². The van der Waals surface area contributed by atoms with E-state index in [0.29, 0.717) is 17.5 Å². The summed E-state index contributed by atoms with van der Waals surface area (Å²) in [7, 11) is 0. The first-order chi connectivity index (χ1) is 22.2. The van der Waals surface area contributed by atoms with Crippen molar-refractivity contribution in [3.63, 3.8) is 0 Å². The molecule has 0 aliphatic carbocycles. The van der Waals surface area contributed by atoms with Crippen LogP contribution in [0.3, 0.4) is 0 Å². The summed E-state index contributed by atoms with van der Waals surface area (Å²) in [6.07, 6.45) is 0. The molecular weight excluding hydrogens is 567 g/mol. The Morgan fingerprint density at radius 2 is 0.733 bits per heavy atom. The molecule has 0 amide bonds. The van der Waals surface area contributed by atoms with Crippen molar-refractivity contribution < 1.29 is 0 Å². The van der Waals surface area contributed by atoms with Crippen molar-refractivity contribution in [2.75, 3.05) is 0 Å². The maximum atomic E-state index is 5.03. The quantitative estimate of drug-likeness (QED) is 0.204. The van der Waals surface area contributed by atoms with Gasteiger partial charge in [-0.15, -0.1) is 11.3 Å². The fraction of sp³-hybridized carbons (Fsp3) is 0. The predicted octanol–water partition coefficient (Wildman–Crippen LogP) is 11.2. The highest BCUT2D eigenvalue weighted by atomic mass is 32.1. The Morgan fingerprint density at radius 3 is 1.38 bits per heavy atom. The van der Waals surface area contributed by atoms with Crippen LogP contribution in [-0.2, 0) is 0 Å². The van der Waals surface area contributed by atoms with Gasteiger partial charge in [0.15, 0.2) is 17.5 Å². The Bertz CT molecular complexity index is 2550. The van der Waals surface area contributed by atoms with Gasteiger partial charge in [0.05, 0.1) is 0 Å². The average molecular weight is 592 g/mol. The summed E-state index contributed by atoms with van der Waals surface area (Å²) in [6.45, 7) is 0. The van der Waals surface area contributed by atoms with E-state index in [4.69, 9.17) is 15.0 Å². The minimum atomic E-state index is 0.667. The fourth-order valence-corrected chi connectivity index (χ4v) is 7.33. The maximum absolute atomic E-state index is 5.03. The summed E-state index contributed by atoms with van der Waals surface area (Å²) in [5.74, 6) is 2.00. The molecular formula is C41H25N3S. The van der Waals surface area contributed by atoms with Crippen molar-refractivity contribution in [3.05, 3.63) is 152 Å². The maximum Gasteiger partial charge on any atom is 0.164 e. The molecule has 9 rings (SSSR count). The molecule has 0 saturated heterocycles. The minimum Gasteiger partial charge on any atom is -0.208 e. The molecule has 45 heavy (non-hydrogen) atoms. The molecule has 0 unspecified atom stereocenters. The standard InChI is InChI=1S/C41H25N3S/c1-2-10-28(11-3-1)39-42-40(33-17-15-27-9-5-7-13-30(27)23-33)44-41(43-39)34-19-21-36-35-20-18-32(24-37(35)45-38(36)25-34)31-16-14-26-8-4-6-12-29(26)22-31/h1-25H. The molecule has 2 heterocycles. The summed E-state index contributed by atoms with van der Waals surface area (Å²) in [4.78, 5) is 15.0. The summed E-state index contributed by atoms with van der Waals surface area (Å²) < 4.78 is 2.48. The molecule has 0 spiro atoms. The van der Waals surface area contributed by atoms with Crippen molar-refractivity contribution in [2.24, 2.45) is 0 Å². The highest BCUT2D eigenvalue weighted by Gasteiger charge is 2.15. The number of nitrogens with zero attached hydrogens (tertiary/aromatic N) is 3. The van der Waals surface area contributed by atoms with Crippen LogP contribution >= 0.6 is 11.3 Å². The van der Waals surface area contributed by atoms with E-state index in [1.807, 2.05) is 41.7 Å². The van der Waals surface area contributed by atoms with Gasteiger partial charge in [0.2, 0.25) is 0 Å². The van der Waals surface area contributed by atoms with Gasteiger partial charge in [-0.05, 0) is 56.9 Å². The SMILES string of the molecule is c1ccc(-c2nc(-c3ccc4ccccc4c3)nc(-c3ccc4c(c3)sc3cc(-c5ccc6ccccc6c5)ccc34)n2)cc1. The van der Waals surface area contributed by atoms with Gasteiger partial charge < -0.3 is 0 Å². The first-order valence-corrected chi connectivity index (χ1v) is 15.8. The van der Waals surface area contributed by atoms with Crippen LogP contribution in [0.2, 0.25) is 0 Å². The third-order valence-corrected chi connectivity index (χ3v) is 9.60. The average Bonchev–Trinajstić information content (AvgIpc) is 3.48. The molecule has 2 aromatic heterocycles. The van der Waals surface area contributed by atoms with Crippen molar-refractivity contribution in [2.45, 2.75) is 0 Å². The Balaban J connectivity index is 1.16. The summed E-state index contributed by atoms with van der Waals surface area (Å²) >= 11 is 1.81. The first kappa shape index (κ1) is 25.8. The van der Waals surface area contributed by atoms with E-state index in [1.54, 1.807) is 0 Å². The number of thiophene rings is 1. The fourth-order valence-electron chi connectivity index (χ4n) is 6.14. The zero-order valence-corrected chi connectivity index (χ0v) is 25.0. The lowest BCUT2D eigenvalue weighted by molar-refractivity contribution is 1.08. The highest BCUT2D eigenvalue weighted by Crippen LogP contribution is 2.39. The molecule has 0 fully saturated rings. The molecule has 3 nitrogen and oxygen atoms in total. The van der Waals surface area contributed by atoms with E-state index in [9.17, 15) is 0 Å². The van der Waals surface area contributed by atoms with E-state index in [2.05, 4.69) is 121 Å². The van der Waals surface area contributed by atoms with Gasteiger partial charge in [0.1, 0.15) is 0 Å². The second kappa shape index (κ2) is 10.5. The number of benzene rings is 7. The predicted molar refractivity (Wildman–Crippen MR) is 189 cm³/mol. The summed E-state index contributed by atoms with van der Waals surface area (Å²) in [6, 6.07) is 53.5. The van der Waals surface area contributed by atoms with Gasteiger partial charge in [-0.2, -0.15) is 0 Å². The third-order valence-electron chi connectivity index (χ3n) is 8.49. The van der Waals surface area contributed by atoms with Crippen LogP contribution in [0, 0.1) is 0 Å². The molecule has 0 N–H and O–H groups in total. The second-order valence-electron chi connectivity index (χ2n) is 11.3. The van der Waals surface area contributed by atoms with Crippen LogP contribution < -0.4 is 0 Å². The Morgan fingerprint density at radius 1 is 0.311 bits per heavy atom. The Labute approximate surface area is 264 Å². The normalized spacial score (nSPS) is 11.6. The molecule has 7 aromatic carbocycles. The first-order valence-electron chi connectivity index (χ1n) is 15.0. The van der Waals surface area contributed by atoms with E-state index >= 15 is 0 Å². The Kier molecular flexibility index (Phi) is 6.00. The van der Waals surface area contributed by atoms with Gasteiger partial charge in [-0.1, -0.05) is 127 Å². The van der Waals surface area contributed by atoms with Gasteiger partial charge >= 0.3 is 0 Å². The molecule has 4 heteroatoms. The van der Waals surface area contributed by atoms with E-state index in [-0.39, 0.29) is 0 Å². The lowest BCUT2D eigenvalue weighted by Crippen LogP contribution is -2.00. The number of fused-ring (bicyclic) bond motifs is 5. The molecule has 210 valence electrons. The third kappa shape index (κ3) is 4.64. The lowest BCUT2D eigenvalue weighted by atomic mass is 10.00. The monoisotopic (exact) mass is 591 g/mol. The van der Waals surface area contributed by atoms with Crippen LogP contribution in [-0.4, -0.2) is 15.0 Å². The largest absolute Gasteiger partial charge is 0.208 e. The van der Waals surface area contributed by atoms with Gasteiger partial charge in [-0.3, -0.25) is 0 Å². The smallest absolute Gasteiger partial charge is 0.164 e. The van der Waals surface area contributed by atoms with Gasteiger partial charge in [0.25, 0.3) is 0 Å². The molecule has 0 atom stereocenters. The van der Waals surface area contributed by atoms with Gasteiger partial charge in [-0.25, -0.2) is 15.0 Å². The Hall–Kier alpha value is -5.71. The zero-order chi connectivity index (χ0) is 29.7. The minimum absolute atomic E-state index is 0.667. The highest BCUT2D eigenvalue weighted by molar-refractivity contribution is 7.25. The van der Waals surface area contributed by atoms with Crippen molar-refractivity contribution >= 4 is 53.1 Å². The van der Waals surface area contributed by atoms with Crippen LogP contribution in [0.15, 0.2) is 152 Å². The molecule has 0 bridgehead atoms. The van der Waals surface area contributed by atoms with Gasteiger partial charge in [0, 0.05) is 36.9 Å². The molecule has 9 aromatic rings. The summed E-state index contributed by atoms with van der Waals surface area (Å²) in [5, 5.41) is 7.38. The number of rotatable bonds is 4.